The van der Waals surface area contributed by atoms with Gasteiger partial charge in [0.2, 0.25) is 21.8 Å². The Balaban J connectivity index is 1.54. The minimum absolute atomic E-state index is 0.0966. The van der Waals surface area contributed by atoms with Crippen LogP contribution in [0, 0.1) is 0 Å². The summed E-state index contributed by atoms with van der Waals surface area (Å²) in [5, 5.41) is 0. The first-order valence-electron chi connectivity index (χ1n) is 9.68. The lowest BCUT2D eigenvalue weighted by molar-refractivity contribution is -0.146. The zero-order valence-corrected chi connectivity index (χ0v) is 18.7. The molecule has 1 aromatic carbocycles. The van der Waals surface area contributed by atoms with Gasteiger partial charge in [0.25, 0.3) is 0 Å². The number of carbonyl (C=O) groups excluding carboxylic acids is 2. The van der Waals surface area contributed by atoms with Crippen molar-refractivity contribution in [2.45, 2.75) is 31.8 Å². The summed E-state index contributed by atoms with van der Waals surface area (Å²) >= 11 is 3.35. The second-order valence-electron chi connectivity index (χ2n) is 7.30. The van der Waals surface area contributed by atoms with Crippen LogP contribution in [0.15, 0.2) is 28.7 Å². The summed E-state index contributed by atoms with van der Waals surface area (Å²) in [5.41, 5.74) is 0.905. The van der Waals surface area contributed by atoms with Crippen LogP contribution in [0.3, 0.4) is 0 Å². The molecule has 2 fully saturated rings. The Morgan fingerprint density at radius 2 is 1.90 bits per heavy atom. The summed E-state index contributed by atoms with van der Waals surface area (Å²) in [6, 6.07) is 6.02. The highest BCUT2D eigenvalue weighted by atomic mass is 79.9. The molecule has 2 aliphatic rings. The van der Waals surface area contributed by atoms with Crippen LogP contribution in [0.5, 0.6) is 0 Å². The third-order valence-electron chi connectivity index (χ3n) is 5.28. The Morgan fingerprint density at radius 1 is 1.24 bits per heavy atom. The number of aryl methyl sites for hydroxylation is 1. The van der Waals surface area contributed by atoms with Gasteiger partial charge in [0.15, 0.2) is 0 Å². The number of hydrogen-bond donors (Lipinski definition) is 1. The Labute approximate surface area is 179 Å². The molecule has 0 radical (unpaired) electrons. The molecule has 2 aliphatic heterocycles. The molecule has 2 saturated heterocycles. The molecule has 1 aromatic rings. The van der Waals surface area contributed by atoms with E-state index >= 15 is 0 Å². The fourth-order valence-corrected chi connectivity index (χ4v) is 5.09. The van der Waals surface area contributed by atoms with Gasteiger partial charge in [-0.2, -0.15) is 0 Å². The molecule has 0 aromatic heterocycles. The van der Waals surface area contributed by atoms with E-state index in [1.54, 1.807) is 11.8 Å². The lowest BCUT2D eigenvalue weighted by atomic mass is 10.2. The monoisotopic (exact) mass is 487 g/mol. The number of likely N-dealkylation sites (tertiary alicyclic amines) is 1. The first kappa shape index (κ1) is 22.2. The minimum Gasteiger partial charge on any atom is -0.378 e. The summed E-state index contributed by atoms with van der Waals surface area (Å²) in [6.45, 7) is 4.06. The van der Waals surface area contributed by atoms with Crippen LogP contribution in [-0.2, 0) is 30.8 Å². The maximum Gasteiger partial charge on any atom is 0.245 e. The van der Waals surface area contributed by atoms with E-state index in [1.165, 1.54) is 4.90 Å². The van der Waals surface area contributed by atoms with E-state index in [4.69, 9.17) is 4.74 Å². The number of ether oxygens (including phenoxy) is 1. The van der Waals surface area contributed by atoms with Gasteiger partial charge in [-0.1, -0.05) is 28.1 Å². The van der Waals surface area contributed by atoms with Crippen molar-refractivity contribution in [3.63, 3.8) is 0 Å². The Hall–Kier alpha value is -1.49. The van der Waals surface area contributed by atoms with Gasteiger partial charge in [0, 0.05) is 24.1 Å². The molecular weight excluding hydrogens is 462 g/mol. The van der Waals surface area contributed by atoms with Gasteiger partial charge in [-0.3, -0.25) is 9.59 Å². The predicted molar refractivity (Wildman–Crippen MR) is 112 cm³/mol. The summed E-state index contributed by atoms with van der Waals surface area (Å²) in [5.74, 6) is -0.563. The molecule has 2 heterocycles. The van der Waals surface area contributed by atoms with Gasteiger partial charge in [-0.25, -0.2) is 13.1 Å². The average molecular weight is 488 g/mol. The molecule has 0 unspecified atom stereocenters. The summed E-state index contributed by atoms with van der Waals surface area (Å²) in [4.78, 5) is 28.5. The van der Waals surface area contributed by atoms with Crippen LogP contribution in [0.2, 0.25) is 0 Å². The molecule has 0 aliphatic carbocycles. The van der Waals surface area contributed by atoms with Crippen molar-refractivity contribution in [3.05, 3.63) is 34.3 Å². The van der Waals surface area contributed by atoms with Crippen LogP contribution < -0.4 is 4.72 Å². The summed E-state index contributed by atoms with van der Waals surface area (Å²) in [6.07, 6.45) is 0.718. The van der Waals surface area contributed by atoms with Crippen molar-refractivity contribution in [3.8, 4) is 0 Å². The number of nitrogens with zero attached hydrogens (tertiary/aromatic N) is 2. The number of rotatable bonds is 7. The number of halogens is 1. The van der Waals surface area contributed by atoms with E-state index in [0.29, 0.717) is 45.7 Å². The molecule has 8 nitrogen and oxygen atoms in total. The molecular formula is C19H26BrN3O5S. The third kappa shape index (κ3) is 5.78. The predicted octanol–water partition coefficient (Wildman–Crippen LogP) is 0.759. The number of amides is 2. The van der Waals surface area contributed by atoms with Gasteiger partial charge in [0.05, 0.1) is 19.0 Å². The largest absolute Gasteiger partial charge is 0.378 e. The normalized spacial score (nSPS) is 21.4. The van der Waals surface area contributed by atoms with Crippen LogP contribution in [-0.4, -0.2) is 80.7 Å². The zero-order valence-electron chi connectivity index (χ0n) is 16.3. The maximum atomic E-state index is 12.7. The van der Waals surface area contributed by atoms with Gasteiger partial charge in [0.1, 0.15) is 12.1 Å². The number of morpholine rings is 1. The molecule has 0 spiro atoms. The van der Waals surface area contributed by atoms with Crippen LogP contribution in [0.4, 0.5) is 0 Å². The van der Waals surface area contributed by atoms with Crippen molar-refractivity contribution in [1.29, 1.82) is 0 Å². The molecule has 2 amide bonds. The Bertz CT molecular complexity index is 840. The lowest BCUT2D eigenvalue weighted by Crippen LogP contribution is -2.52. The van der Waals surface area contributed by atoms with E-state index in [1.807, 2.05) is 24.3 Å². The highest BCUT2D eigenvalue weighted by Crippen LogP contribution is 2.18. The molecule has 1 N–H and O–H groups in total. The van der Waals surface area contributed by atoms with E-state index in [9.17, 15) is 18.0 Å². The minimum atomic E-state index is -3.62. The van der Waals surface area contributed by atoms with Crippen molar-refractivity contribution in [2.75, 3.05) is 38.6 Å². The van der Waals surface area contributed by atoms with E-state index in [0.717, 1.165) is 10.0 Å². The topological polar surface area (TPSA) is 96.0 Å². The first-order valence-corrected chi connectivity index (χ1v) is 12.1. The Morgan fingerprint density at radius 3 is 2.55 bits per heavy atom. The number of hydrogen-bond acceptors (Lipinski definition) is 5. The number of benzene rings is 1. The van der Waals surface area contributed by atoms with E-state index < -0.39 is 22.1 Å². The fraction of sp³-hybridized carbons (Fsp3) is 0.579. The third-order valence-corrected chi connectivity index (χ3v) is 7.20. The van der Waals surface area contributed by atoms with Gasteiger partial charge in [-0.15, -0.1) is 0 Å². The van der Waals surface area contributed by atoms with Gasteiger partial charge in [-0.05, 0) is 37.5 Å². The molecule has 3 rings (SSSR count). The van der Waals surface area contributed by atoms with E-state index in [-0.39, 0.29) is 17.6 Å². The van der Waals surface area contributed by atoms with Crippen molar-refractivity contribution in [1.82, 2.24) is 14.5 Å². The van der Waals surface area contributed by atoms with Crippen LogP contribution >= 0.6 is 15.9 Å². The number of sulfonamides is 1. The summed E-state index contributed by atoms with van der Waals surface area (Å²) in [7, 11) is -3.62. The van der Waals surface area contributed by atoms with Gasteiger partial charge < -0.3 is 14.5 Å². The smallest absolute Gasteiger partial charge is 0.245 e. The quantitative estimate of drug-likeness (QED) is 0.612. The molecule has 29 heavy (non-hydrogen) atoms. The molecule has 2 atom stereocenters. The lowest BCUT2D eigenvalue weighted by Gasteiger charge is -2.32. The summed E-state index contributed by atoms with van der Waals surface area (Å²) < 4.78 is 33.6. The highest BCUT2D eigenvalue weighted by molar-refractivity contribution is 9.10. The van der Waals surface area contributed by atoms with Crippen molar-refractivity contribution < 1.29 is 22.7 Å². The molecule has 0 saturated carbocycles. The second kappa shape index (κ2) is 9.55. The van der Waals surface area contributed by atoms with Crippen LogP contribution in [0.1, 0.15) is 18.9 Å². The van der Waals surface area contributed by atoms with Crippen molar-refractivity contribution >= 4 is 37.8 Å². The SMILES string of the molecule is C[C@@H](C(=O)N1CCOCC1)N1CC[C@H](NS(=O)(=O)CCc2ccc(Br)cc2)C1=O. The Kier molecular flexibility index (Phi) is 7.31. The van der Waals surface area contributed by atoms with Crippen LogP contribution in [0.25, 0.3) is 0 Å². The highest BCUT2D eigenvalue weighted by Gasteiger charge is 2.39. The number of nitrogens with one attached hydrogen (secondary N) is 1. The van der Waals surface area contributed by atoms with Gasteiger partial charge >= 0.3 is 0 Å². The number of carbonyl (C=O) groups is 2. The molecule has 0 bridgehead atoms. The fourth-order valence-electron chi connectivity index (χ4n) is 3.56. The molecule has 160 valence electrons. The first-order chi connectivity index (χ1) is 13.8. The molecule has 10 heteroatoms. The zero-order chi connectivity index (χ0) is 21.0. The average Bonchev–Trinajstić information content (AvgIpc) is 3.06. The second-order valence-corrected chi connectivity index (χ2v) is 10.1. The standard InChI is InChI=1S/C19H26BrN3O5S/c1-14(18(24)22-9-11-28-12-10-22)23-8-6-17(19(23)25)21-29(26,27)13-7-15-2-4-16(20)5-3-15/h2-5,14,17,21H,6-13H2,1H3/t14-,17-/m0/s1. The maximum absolute atomic E-state index is 12.7. The van der Waals surface area contributed by atoms with Crippen molar-refractivity contribution in [2.24, 2.45) is 0 Å². The van der Waals surface area contributed by atoms with E-state index in [2.05, 4.69) is 20.7 Å².